The molecule has 0 aliphatic heterocycles. The minimum atomic E-state index is -0.173. The smallest absolute Gasteiger partial charge is 0.137 e. The number of aryl methyl sites for hydroxylation is 1. The molecular formula is C59H51NO. The SMILES string of the molecule is CC1(C)c2cc(-c3ccc(C45CC6CC(CC(C6)C4)C5)cc3)ccc2-c2ccc(N(c3ccc(-c4cccc5c4C=CCC5)cc3)c3ccc4c(c3)oc3ccccc34)cc21. The van der Waals surface area contributed by atoms with Gasteiger partial charge in [0, 0.05) is 39.3 Å². The average molecular weight is 790 g/mol. The number of furan rings is 1. The number of hydrogen-bond acceptors (Lipinski definition) is 2. The second-order valence-corrected chi connectivity index (χ2v) is 19.9. The molecule has 61 heavy (non-hydrogen) atoms. The molecule has 4 fully saturated rings. The molecule has 298 valence electrons. The van der Waals surface area contributed by atoms with Crippen molar-refractivity contribution in [1.82, 2.24) is 0 Å². The quantitative estimate of drug-likeness (QED) is 0.167. The van der Waals surface area contributed by atoms with Crippen molar-refractivity contribution in [2.75, 3.05) is 4.90 Å². The number of fused-ring (bicyclic) bond motifs is 7. The van der Waals surface area contributed by atoms with Gasteiger partial charge in [0.2, 0.25) is 0 Å². The van der Waals surface area contributed by atoms with Crippen LogP contribution in [0.1, 0.15) is 86.6 Å². The fraction of sp³-hybridized carbons (Fsp3) is 0.254. The number of nitrogens with zero attached hydrogens (tertiary/aromatic N) is 1. The molecule has 0 unspecified atom stereocenters. The number of anilines is 3. The highest BCUT2D eigenvalue weighted by atomic mass is 16.3. The summed E-state index contributed by atoms with van der Waals surface area (Å²) in [6.07, 6.45) is 15.5. The molecule has 6 aliphatic rings. The van der Waals surface area contributed by atoms with E-state index >= 15 is 0 Å². The van der Waals surface area contributed by atoms with Crippen molar-refractivity contribution in [1.29, 1.82) is 0 Å². The molecule has 1 aromatic heterocycles. The third kappa shape index (κ3) is 5.53. The van der Waals surface area contributed by atoms with Crippen LogP contribution >= 0.6 is 0 Å². The summed E-state index contributed by atoms with van der Waals surface area (Å²) in [5.74, 6) is 2.88. The summed E-state index contributed by atoms with van der Waals surface area (Å²) in [4.78, 5) is 2.41. The minimum absolute atomic E-state index is 0.173. The molecule has 14 rings (SSSR count). The zero-order chi connectivity index (χ0) is 40.5. The first kappa shape index (κ1) is 35.6. The lowest BCUT2D eigenvalue weighted by molar-refractivity contribution is -0.00518. The average Bonchev–Trinajstić information content (AvgIpc) is 3.77. The lowest BCUT2D eigenvalue weighted by atomic mass is 9.48. The molecule has 2 nitrogen and oxygen atoms in total. The molecule has 2 heteroatoms. The van der Waals surface area contributed by atoms with Gasteiger partial charge in [-0.1, -0.05) is 117 Å². The Morgan fingerprint density at radius 2 is 1.16 bits per heavy atom. The zero-order valence-electron chi connectivity index (χ0n) is 35.3. The fourth-order valence-electron chi connectivity index (χ4n) is 13.3. The maximum Gasteiger partial charge on any atom is 0.137 e. The van der Waals surface area contributed by atoms with E-state index in [4.69, 9.17) is 4.42 Å². The molecule has 0 saturated heterocycles. The number of hydrogen-bond donors (Lipinski definition) is 0. The lowest BCUT2D eigenvalue weighted by Crippen LogP contribution is -2.48. The lowest BCUT2D eigenvalue weighted by Gasteiger charge is -2.57. The molecule has 0 amide bonds. The maximum atomic E-state index is 6.47. The summed E-state index contributed by atoms with van der Waals surface area (Å²) in [5.41, 5.74) is 20.4. The van der Waals surface area contributed by atoms with Crippen molar-refractivity contribution in [3.05, 3.63) is 179 Å². The normalized spacial score (nSPS) is 22.7. The largest absolute Gasteiger partial charge is 0.456 e. The van der Waals surface area contributed by atoms with E-state index in [1.165, 1.54) is 94.2 Å². The van der Waals surface area contributed by atoms with Gasteiger partial charge in [-0.25, -0.2) is 0 Å². The molecule has 1 heterocycles. The number of benzene rings is 7. The van der Waals surface area contributed by atoms with Crippen LogP contribution in [-0.4, -0.2) is 0 Å². The van der Waals surface area contributed by atoms with Crippen LogP contribution in [-0.2, 0) is 17.3 Å². The number of para-hydroxylation sites is 1. The number of allylic oxidation sites excluding steroid dienone is 1. The van der Waals surface area contributed by atoms with Crippen molar-refractivity contribution >= 4 is 45.1 Å². The zero-order valence-corrected chi connectivity index (χ0v) is 35.3. The molecule has 7 aromatic carbocycles. The third-order valence-electron chi connectivity index (χ3n) is 15.9. The van der Waals surface area contributed by atoms with Crippen LogP contribution in [0.3, 0.4) is 0 Å². The first-order chi connectivity index (χ1) is 29.9. The first-order valence-corrected chi connectivity index (χ1v) is 22.9. The van der Waals surface area contributed by atoms with Gasteiger partial charge in [0.15, 0.2) is 0 Å². The van der Waals surface area contributed by atoms with Crippen molar-refractivity contribution in [3.63, 3.8) is 0 Å². The van der Waals surface area contributed by atoms with Crippen LogP contribution in [0.15, 0.2) is 156 Å². The van der Waals surface area contributed by atoms with Crippen LogP contribution in [0.4, 0.5) is 17.1 Å². The molecule has 4 bridgehead atoms. The molecule has 4 saturated carbocycles. The number of rotatable bonds is 6. The molecule has 0 N–H and O–H groups in total. The van der Waals surface area contributed by atoms with E-state index in [0.717, 1.165) is 69.6 Å². The highest BCUT2D eigenvalue weighted by Crippen LogP contribution is 2.61. The second-order valence-electron chi connectivity index (χ2n) is 19.9. The van der Waals surface area contributed by atoms with E-state index in [9.17, 15) is 0 Å². The monoisotopic (exact) mass is 789 g/mol. The fourth-order valence-corrected chi connectivity index (χ4v) is 13.3. The summed E-state index contributed by atoms with van der Waals surface area (Å²) in [6, 6.07) is 55.2. The van der Waals surface area contributed by atoms with Crippen molar-refractivity contribution in [3.8, 4) is 33.4 Å². The van der Waals surface area contributed by atoms with Gasteiger partial charge in [0.1, 0.15) is 11.2 Å². The second kappa shape index (κ2) is 13.2. The van der Waals surface area contributed by atoms with E-state index in [2.05, 4.69) is 170 Å². The van der Waals surface area contributed by atoms with E-state index < -0.39 is 0 Å². The van der Waals surface area contributed by atoms with Gasteiger partial charge < -0.3 is 9.32 Å². The Labute approximate surface area is 359 Å². The van der Waals surface area contributed by atoms with Crippen molar-refractivity contribution < 1.29 is 4.42 Å². The van der Waals surface area contributed by atoms with E-state index in [1.807, 2.05) is 6.07 Å². The first-order valence-electron chi connectivity index (χ1n) is 22.9. The van der Waals surface area contributed by atoms with E-state index in [-0.39, 0.29) is 5.41 Å². The predicted molar refractivity (Wildman–Crippen MR) is 254 cm³/mol. The summed E-state index contributed by atoms with van der Waals surface area (Å²) >= 11 is 0. The topological polar surface area (TPSA) is 16.4 Å². The molecule has 0 spiro atoms. The van der Waals surface area contributed by atoms with Crippen molar-refractivity contribution in [2.24, 2.45) is 17.8 Å². The summed E-state index contributed by atoms with van der Waals surface area (Å²) in [6.45, 7) is 4.83. The van der Waals surface area contributed by atoms with Gasteiger partial charge in [-0.15, -0.1) is 0 Å². The Hall–Kier alpha value is -6.12. The van der Waals surface area contributed by atoms with Gasteiger partial charge in [0.25, 0.3) is 0 Å². The van der Waals surface area contributed by atoms with Gasteiger partial charge in [-0.2, -0.15) is 0 Å². The van der Waals surface area contributed by atoms with Crippen LogP contribution < -0.4 is 4.90 Å². The minimum Gasteiger partial charge on any atom is -0.456 e. The van der Waals surface area contributed by atoms with Crippen LogP contribution in [0.25, 0.3) is 61.4 Å². The van der Waals surface area contributed by atoms with Crippen LogP contribution in [0, 0.1) is 17.8 Å². The van der Waals surface area contributed by atoms with Gasteiger partial charge in [-0.3, -0.25) is 0 Å². The molecule has 0 radical (unpaired) electrons. The van der Waals surface area contributed by atoms with E-state index in [0.29, 0.717) is 5.41 Å². The molecule has 8 aromatic rings. The molecular weight excluding hydrogens is 739 g/mol. The van der Waals surface area contributed by atoms with Gasteiger partial charge >= 0.3 is 0 Å². The van der Waals surface area contributed by atoms with E-state index in [1.54, 1.807) is 5.56 Å². The Kier molecular flexibility index (Phi) is 7.70. The molecule has 6 aliphatic carbocycles. The summed E-state index contributed by atoms with van der Waals surface area (Å²) in [7, 11) is 0. The highest BCUT2D eigenvalue weighted by Gasteiger charge is 2.51. The van der Waals surface area contributed by atoms with Gasteiger partial charge in [0.05, 0.1) is 0 Å². The Morgan fingerprint density at radius 3 is 1.95 bits per heavy atom. The Morgan fingerprint density at radius 1 is 0.525 bits per heavy atom. The summed E-state index contributed by atoms with van der Waals surface area (Å²) in [5, 5.41) is 2.29. The Bertz CT molecular complexity index is 3050. The summed E-state index contributed by atoms with van der Waals surface area (Å²) < 4.78 is 6.47. The van der Waals surface area contributed by atoms with Crippen LogP contribution in [0.5, 0.6) is 0 Å². The predicted octanol–water partition coefficient (Wildman–Crippen LogP) is 16.1. The standard InChI is InChI=1S/C59H51NO/c1-58(2)54-31-43(40-14-19-44(20-15-40)59-34-37-28-38(35-59)30-39(29-37)36-59)18-25-50(54)51-26-23-46(32-55(51)58)60(47-24-27-53-52-11-5-6-13-56(52)61-57(53)33-47)45-21-16-42(17-22-45)49-12-7-9-41-8-3-4-10-48(41)49/h4-7,9-27,31-33,37-39H,3,8,28-30,34-36H2,1-2H3. The van der Waals surface area contributed by atoms with Gasteiger partial charge in [-0.05, 0) is 184 Å². The van der Waals surface area contributed by atoms with Crippen molar-refractivity contribution in [2.45, 2.75) is 76.0 Å². The molecule has 0 atom stereocenters. The highest BCUT2D eigenvalue weighted by molar-refractivity contribution is 6.06. The maximum absolute atomic E-state index is 6.47. The van der Waals surface area contributed by atoms with Crippen LogP contribution in [0.2, 0.25) is 0 Å². The Balaban J connectivity index is 0.870. The third-order valence-corrected chi connectivity index (χ3v) is 15.9.